The number of halogens is 1. The van der Waals surface area contributed by atoms with E-state index in [1.54, 1.807) is 19.1 Å². The largest absolute Gasteiger partial charge is 0.397 e. The summed E-state index contributed by atoms with van der Waals surface area (Å²) in [7, 11) is 0. The summed E-state index contributed by atoms with van der Waals surface area (Å²) in [4.78, 5) is 23.0. The highest BCUT2D eigenvalue weighted by molar-refractivity contribution is 6.33. The smallest absolute Gasteiger partial charge is 0.229 e. The second-order valence-electron chi connectivity index (χ2n) is 6.88. The first-order chi connectivity index (χ1) is 13.5. The van der Waals surface area contributed by atoms with Crippen molar-refractivity contribution in [1.82, 2.24) is 15.3 Å². The van der Waals surface area contributed by atoms with Crippen molar-refractivity contribution >= 4 is 51.6 Å². The van der Waals surface area contributed by atoms with Gasteiger partial charge in [0.25, 0.3) is 0 Å². The summed E-state index contributed by atoms with van der Waals surface area (Å²) in [5.74, 6) is 1.32. The minimum atomic E-state index is -0.0120. The monoisotopic (exact) mass is 396 g/mol. The Hall–Kier alpha value is -3.06. The Bertz CT molecular complexity index is 1040. The summed E-state index contributed by atoms with van der Waals surface area (Å²) >= 11 is 6.00. The number of nitrogens with one attached hydrogen (secondary N) is 2. The Labute approximate surface area is 167 Å². The molecule has 0 spiro atoms. The van der Waals surface area contributed by atoms with Crippen molar-refractivity contribution in [2.75, 3.05) is 29.0 Å². The molecule has 0 saturated carbocycles. The number of nitrogen functional groups attached to an aromatic ring is 1. The third-order valence-electron chi connectivity index (χ3n) is 4.73. The van der Waals surface area contributed by atoms with Crippen LogP contribution in [0.5, 0.6) is 0 Å². The summed E-state index contributed by atoms with van der Waals surface area (Å²) in [5, 5.41) is 7.69. The maximum Gasteiger partial charge on any atom is 0.229 e. The summed E-state index contributed by atoms with van der Waals surface area (Å²) in [6.07, 6.45) is 0.883. The molecular formula is C20H21ClN6O. The van der Waals surface area contributed by atoms with Crippen LogP contribution < -0.4 is 21.3 Å². The average Bonchev–Trinajstić information content (AvgIpc) is 3.11. The Kier molecular flexibility index (Phi) is 4.92. The minimum Gasteiger partial charge on any atom is -0.397 e. The number of anilines is 4. The molecule has 0 bridgehead atoms. The summed E-state index contributed by atoms with van der Waals surface area (Å²) in [5.41, 5.74) is 8.00. The van der Waals surface area contributed by atoms with Crippen LogP contribution >= 0.6 is 11.6 Å². The third-order valence-corrected chi connectivity index (χ3v) is 5.07. The van der Waals surface area contributed by atoms with E-state index >= 15 is 0 Å². The van der Waals surface area contributed by atoms with Gasteiger partial charge in [-0.15, -0.1) is 0 Å². The van der Waals surface area contributed by atoms with Gasteiger partial charge in [0.15, 0.2) is 0 Å². The molecular weight excluding hydrogens is 376 g/mol. The van der Waals surface area contributed by atoms with E-state index in [-0.39, 0.29) is 11.9 Å². The number of nitrogens with two attached hydrogens (primary N) is 1. The SMILES string of the molecule is CC(=O)N[C@H]1CCN(c2nc(Nc3ccc(Cl)c(N)c3)nc3ccccc23)C1. The van der Waals surface area contributed by atoms with Crippen molar-refractivity contribution in [3.05, 3.63) is 47.5 Å². The van der Waals surface area contributed by atoms with Gasteiger partial charge >= 0.3 is 0 Å². The number of aromatic nitrogens is 2. The minimum absolute atomic E-state index is 0.0120. The molecule has 1 fully saturated rings. The van der Waals surface area contributed by atoms with Crippen LogP contribution in [0.3, 0.4) is 0 Å². The van der Waals surface area contributed by atoms with Crippen molar-refractivity contribution in [2.24, 2.45) is 0 Å². The molecule has 0 aliphatic carbocycles. The fraction of sp³-hybridized carbons (Fsp3) is 0.250. The van der Waals surface area contributed by atoms with Crippen molar-refractivity contribution in [1.29, 1.82) is 0 Å². The van der Waals surface area contributed by atoms with Gasteiger partial charge in [0, 0.05) is 37.1 Å². The molecule has 1 amide bonds. The highest BCUT2D eigenvalue weighted by Crippen LogP contribution is 2.30. The molecule has 144 valence electrons. The molecule has 1 aliphatic heterocycles. The number of nitrogens with zero attached hydrogens (tertiary/aromatic N) is 3. The van der Waals surface area contributed by atoms with Crippen LogP contribution in [0.1, 0.15) is 13.3 Å². The first kappa shape index (κ1) is 18.3. The molecule has 4 N–H and O–H groups in total. The normalized spacial score (nSPS) is 16.4. The first-order valence-electron chi connectivity index (χ1n) is 9.10. The lowest BCUT2D eigenvalue weighted by Crippen LogP contribution is -2.35. The number of carbonyl (C=O) groups is 1. The maximum absolute atomic E-state index is 11.4. The number of carbonyl (C=O) groups excluding carboxylic acids is 1. The number of fused-ring (bicyclic) bond motifs is 1. The Morgan fingerprint density at radius 1 is 1.25 bits per heavy atom. The zero-order chi connectivity index (χ0) is 19.7. The third kappa shape index (κ3) is 3.80. The maximum atomic E-state index is 11.4. The molecule has 1 atom stereocenters. The Morgan fingerprint density at radius 2 is 2.07 bits per heavy atom. The van der Waals surface area contributed by atoms with Crippen LogP contribution in [0, 0.1) is 0 Å². The van der Waals surface area contributed by atoms with Crippen LogP contribution in [-0.4, -0.2) is 35.0 Å². The predicted molar refractivity (Wildman–Crippen MR) is 113 cm³/mol. The molecule has 3 aromatic rings. The van der Waals surface area contributed by atoms with Crippen LogP contribution in [0.4, 0.5) is 23.1 Å². The van der Waals surface area contributed by atoms with E-state index < -0.39 is 0 Å². The quantitative estimate of drug-likeness (QED) is 0.585. The Balaban J connectivity index is 1.67. The molecule has 28 heavy (non-hydrogen) atoms. The van der Waals surface area contributed by atoms with Crippen LogP contribution in [0.15, 0.2) is 42.5 Å². The number of hydrogen-bond acceptors (Lipinski definition) is 6. The van der Waals surface area contributed by atoms with Gasteiger partial charge in [-0.2, -0.15) is 4.98 Å². The van der Waals surface area contributed by atoms with Crippen molar-refractivity contribution < 1.29 is 4.79 Å². The number of hydrogen-bond donors (Lipinski definition) is 3. The molecule has 1 saturated heterocycles. The fourth-order valence-electron chi connectivity index (χ4n) is 3.47. The molecule has 1 aromatic heterocycles. The standard InChI is InChI=1S/C20H21ClN6O/c1-12(28)23-14-8-9-27(11-14)19-15-4-2-3-5-18(15)25-20(26-19)24-13-6-7-16(21)17(22)10-13/h2-7,10,14H,8-9,11,22H2,1H3,(H,23,28)(H,24,25,26)/t14-/m0/s1. The molecule has 8 heteroatoms. The number of benzene rings is 2. The summed E-state index contributed by atoms with van der Waals surface area (Å²) < 4.78 is 0. The van der Waals surface area contributed by atoms with E-state index in [2.05, 4.69) is 20.5 Å². The highest BCUT2D eigenvalue weighted by atomic mass is 35.5. The van der Waals surface area contributed by atoms with E-state index in [1.165, 1.54) is 0 Å². The second kappa shape index (κ2) is 7.52. The molecule has 7 nitrogen and oxygen atoms in total. The second-order valence-corrected chi connectivity index (χ2v) is 7.29. The van der Waals surface area contributed by atoms with Gasteiger partial charge in [0.05, 0.1) is 16.2 Å². The van der Waals surface area contributed by atoms with Gasteiger partial charge in [-0.25, -0.2) is 4.98 Å². The number of amides is 1. The summed E-state index contributed by atoms with van der Waals surface area (Å²) in [6.45, 7) is 3.08. The molecule has 2 heterocycles. The van der Waals surface area contributed by atoms with E-state index in [0.29, 0.717) is 23.2 Å². The average molecular weight is 397 g/mol. The van der Waals surface area contributed by atoms with Gasteiger partial charge in [0.1, 0.15) is 5.82 Å². The van der Waals surface area contributed by atoms with Gasteiger partial charge in [-0.05, 0) is 36.8 Å². The zero-order valence-electron chi connectivity index (χ0n) is 15.4. The number of rotatable bonds is 4. The van der Waals surface area contributed by atoms with Gasteiger partial charge < -0.3 is 21.3 Å². The van der Waals surface area contributed by atoms with Crippen molar-refractivity contribution in [3.8, 4) is 0 Å². The van der Waals surface area contributed by atoms with Gasteiger partial charge in [0.2, 0.25) is 11.9 Å². The zero-order valence-corrected chi connectivity index (χ0v) is 16.2. The van der Waals surface area contributed by atoms with E-state index in [9.17, 15) is 4.79 Å². The predicted octanol–water partition coefficient (Wildman–Crippen LogP) is 3.32. The lowest BCUT2D eigenvalue weighted by molar-refractivity contribution is -0.119. The van der Waals surface area contributed by atoms with Crippen LogP contribution in [-0.2, 0) is 4.79 Å². The topological polar surface area (TPSA) is 96.2 Å². The van der Waals surface area contributed by atoms with Crippen LogP contribution in [0.25, 0.3) is 10.9 Å². The van der Waals surface area contributed by atoms with E-state index in [1.807, 2.05) is 30.3 Å². The van der Waals surface area contributed by atoms with Crippen LogP contribution in [0.2, 0.25) is 5.02 Å². The van der Waals surface area contributed by atoms with E-state index in [4.69, 9.17) is 22.3 Å². The molecule has 4 rings (SSSR count). The Morgan fingerprint density at radius 3 is 2.86 bits per heavy atom. The van der Waals surface area contributed by atoms with E-state index in [0.717, 1.165) is 35.4 Å². The molecule has 0 radical (unpaired) electrons. The van der Waals surface area contributed by atoms with Crippen molar-refractivity contribution in [3.63, 3.8) is 0 Å². The molecule has 0 unspecified atom stereocenters. The number of para-hydroxylation sites is 1. The van der Waals surface area contributed by atoms with Gasteiger partial charge in [-0.1, -0.05) is 23.7 Å². The highest BCUT2D eigenvalue weighted by Gasteiger charge is 2.26. The fourth-order valence-corrected chi connectivity index (χ4v) is 3.58. The van der Waals surface area contributed by atoms with Crippen molar-refractivity contribution in [2.45, 2.75) is 19.4 Å². The molecule has 1 aliphatic rings. The van der Waals surface area contributed by atoms with Gasteiger partial charge in [-0.3, -0.25) is 4.79 Å². The lowest BCUT2D eigenvalue weighted by Gasteiger charge is -2.20. The lowest BCUT2D eigenvalue weighted by atomic mass is 10.2. The first-order valence-corrected chi connectivity index (χ1v) is 9.48. The molecule has 2 aromatic carbocycles. The summed E-state index contributed by atoms with van der Waals surface area (Å²) in [6, 6.07) is 13.3.